The third-order valence-corrected chi connectivity index (χ3v) is 3.34. The molecule has 1 spiro atoms. The number of carbonyl (C=O) groups excluding carboxylic acids is 1. The zero-order chi connectivity index (χ0) is 10.9. The third kappa shape index (κ3) is 2.40. The summed E-state index contributed by atoms with van der Waals surface area (Å²) in [5.74, 6) is -0.282. The molecule has 15 heavy (non-hydrogen) atoms. The Balaban J connectivity index is 2.08. The summed E-state index contributed by atoms with van der Waals surface area (Å²) in [5.41, 5.74) is 0. The Kier molecular flexibility index (Phi) is 3.12. The van der Waals surface area contributed by atoms with Gasteiger partial charge >= 0.3 is 0 Å². The van der Waals surface area contributed by atoms with Crippen molar-refractivity contribution in [3.05, 3.63) is 0 Å². The zero-order valence-electron chi connectivity index (χ0n) is 9.62. The fraction of sp³-hybridized carbons (Fsp3) is 0.917. The lowest BCUT2D eigenvalue weighted by Gasteiger charge is -2.44. The Morgan fingerprint density at radius 1 is 1.47 bits per heavy atom. The minimum Gasteiger partial charge on any atom is -0.347 e. The summed E-state index contributed by atoms with van der Waals surface area (Å²) in [6.45, 7) is 4.12. The largest absolute Gasteiger partial charge is 0.347 e. The number of Topliss-reactive ketones (excluding diaryl/α,β-unsaturated/α-hetero) is 1. The number of carbonyl (C=O) groups is 1. The summed E-state index contributed by atoms with van der Waals surface area (Å²) in [4.78, 5) is 11.7. The first-order valence-electron chi connectivity index (χ1n) is 6.01. The van der Waals surface area contributed by atoms with Gasteiger partial charge in [-0.25, -0.2) is 0 Å². The molecule has 86 valence electrons. The number of hydrogen-bond donors (Lipinski definition) is 0. The van der Waals surface area contributed by atoms with Crippen LogP contribution in [0.1, 0.15) is 52.4 Å². The minimum atomic E-state index is -0.576. The van der Waals surface area contributed by atoms with Crippen LogP contribution in [0.2, 0.25) is 0 Å². The van der Waals surface area contributed by atoms with E-state index in [1.54, 1.807) is 0 Å². The van der Waals surface area contributed by atoms with Gasteiger partial charge in [0, 0.05) is 12.8 Å². The third-order valence-electron chi connectivity index (χ3n) is 3.34. The Labute approximate surface area is 91.1 Å². The van der Waals surface area contributed by atoms with Crippen LogP contribution in [0.5, 0.6) is 0 Å². The highest BCUT2D eigenvalue weighted by molar-refractivity contribution is 5.80. The molecule has 0 aliphatic carbocycles. The lowest BCUT2D eigenvalue weighted by atomic mass is 9.92. The van der Waals surface area contributed by atoms with E-state index in [2.05, 4.69) is 13.8 Å². The highest BCUT2D eigenvalue weighted by Gasteiger charge is 2.44. The summed E-state index contributed by atoms with van der Waals surface area (Å²) in [6.07, 6.45) is 5.26. The van der Waals surface area contributed by atoms with Gasteiger partial charge in [-0.05, 0) is 26.2 Å². The van der Waals surface area contributed by atoms with Crippen LogP contribution in [0.25, 0.3) is 0 Å². The molecule has 0 aromatic rings. The fourth-order valence-corrected chi connectivity index (χ4v) is 2.60. The van der Waals surface area contributed by atoms with Crippen molar-refractivity contribution in [2.75, 3.05) is 0 Å². The van der Waals surface area contributed by atoms with Crippen molar-refractivity contribution in [3.63, 3.8) is 0 Å². The van der Waals surface area contributed by atoms with E-state index < -0.39 is 5.79 Å². The quantitative estimate of drug-likeness (QED) is 0.669. The van der Waals surface area contributed by atoms with Crippen LogP contribution in [0.15, 0.2) is 0 Å². The fourth-order valence-electron chi connectivity index (χ4n) is 2.60. The van der Waals surface area contributed by atoms with E-state index >= 15 is 0 Å². The van der Waals surface area contributed by atoms with Gasteiger partial charge in [-0.15, -0.1) is 0 Å². The van der Waals surface area contributed by atoms with E-state index in [1.165, 1.54) is 0 Å². The van der Waals surface area contributed by atoms with Gasteiger partial charge in [0.2, 0.25) is 0 Å². The van der Waals surface area contributed by atoms with Crippen molar-refractivity contribution in [3.8, 4) is 0 Å². The zero-order valence-corrected chi connectivity index (χ0v) is 9.62. The number of rotatable bonds is 1. The molecule has 3 atom stereocenters. The van der Waals surface area contributed by atoms with E-state index in [-0.39, 0.29) is 12.2 Å². The molecule has 0 N–H and O–H groups in total. The topological polar surface area (TPSA) is 35.5 Å². The normalized spacial score (nSPS) is 42.1. The van der Waals surface area contributed by atoms with Gasteiger partial charge in [-0.1, -0.05) is 6.92 Å². The van der Waals surface area contributed by atoms with E-state index in [9.17, 15) is 4.79 Å². The first kappa shape index (κ1) is 11.1. The van der Waals surface area contributed by atoms with E-state index in [0.29, 0.717) is 18.6 Å². The maximum Gasteiger partial charge on any atom is 0.175 e. The van der Waals surface area contributed by atoms with Crippen molar-refractivity contribution < 1.29 is 14.3 Å². The van der Waals surface area contributed by atoms with Crippen LogP contribution in [-0.2, 0) is 14.3 Å². The molecule has 0 radical (unpaired) electrons. The standard InChI is InChI=1S/C12H20O3/c1-3-11-7-10(13)8-12(15-11)6-4-5-9(2)14-12/h9,11H,3-8H2,1-2H3/t9-,11-,12+/m0/s1. The summed E-state index contributed by atoms with van der Waals surface area (Å²) in [7, 11) is 0. The highest BCUT2D eigenvalue weighted by Crippen LogP contribution is 2.38. The first-order chi connectivity index (χ1) is 7.13. The highest BCUT2D eigenvalue weighted by atomic mass is 16.7. The van der Waals surface area contributed by atoms with Gasteiger partial charge in [0.15, 0.2) is 5.79 Å². The number of ketones is 1. The molecule has 2 saturated heterocycles. The maximum absolute atomic E-state index is 11.7. The maximum atomic E-state index is 11.7. The molecule has 2 aliphatic rings. The summed E-state index contributed by atoms with van der Waals surface area (Å²) in [6, 6.07) is 0. The smallest absolute Gasteiger partial charge is 0.175 e. The molecule has 2 fully saturated rings. The molecule has 2 heterocycles. The van der Waals surface area contributed by atoms with E-state index in [4.69, 9.17) is 9.47 Å². The molecule has 0 unspecified atom stereocenters. The van der Waals surface area contributed by atoms with Crippen LogP contribution in [0.3, 0.4) is 0 Å². The lowest BCUT2D eigenvalue weighted by Crippen LogP contribution is -2.50. The second-order valence-electron chi connectivity index (χ2n) is 4.80. The molecule has 0 amide bonds. The molecular weight excluding hydrogens is 192 g/mol. The molecule has 3 heteroatoms. The predicted octanol–water partition coefficient (Wildman–Crippen LogP) is 2.43. The monoisotopic (exact) mass is 212 g/mol. The second kappa shape index (κ2) is 4.22. The second-order valence-corrected chi connectivity index (χ2v) is 4.80. The molecular formula is C12H20O3. The van der Waals surface area contributed by atoms with Crippen molar-refractivity contribution in [2.24, 2.45) is 0 Å². The van der Waals surface area contributed by atoms with Crippen LogP contribution in [-0.4, -0.2) is 23.8 Å². The van der Waals surface area contributed by atoms with Crippen LogP contribution in [0, 0.1) is 0 Å². The molecule has 0 saturated carbocycles. The lowest BCUT2D eigenvalue weighted by molar-refractivity contribution is -0.303. The van der Waals surface area contributed by atoms with Crippen LogP contribution in [0.4, 0.5) is 0 Å². The molecule has 0 bridgehead atoms. The Bertz CT molecular complexity index is 251. The van der Waals surface area contributed by atoms with Crippen molar-refractivity contribution in [2.45, 2.75) is 70.4 Å². The molecule has 2 rings (SSSR count). The summed E-state index contributed by atoms with van der Waals surface area (Å²) >= 11 is 0. The van der Waals surface area contributed by atoms with Crippen LogP contribution >= 0.6 is 0 Å². The minimum absolute atomic E-state index is 0.0662. The Hall–Kier alpha value is -0.410. The van der Waals surface area contributed by atoms with Crippen molar-refractivity contribution in [1.29, 1.82) is 0 Å². The van der Waals surface area contributed by atoms with Gasteiger partial charge in [0.25, 0.3) is 0 Å². The Morgan fingerprint density at radius 2 is 2.27 bits per heavy atom. The van der Waals surface area contributed by atoms with E-state index in [0.717, 1.165) is 25.7 Å². The Morgan fingerprint density at radius 3 is 2.93 bits per heavy atom. The SMILES string of the molecule is CC[C@H]1CC(=O)C[C@@]2(CCC[C@H](C)O2)O1. The van der Waals surface area contributed by atoms with Gasteiger partial charge in [-0.2, -0.15) is 0 Å². The molecule has 0 aromatic carbocycles. The first-order valence-corrected chi connectivity index (χ1v) is 6.01. The molecule has 2 aliphatic heterocycles. The number of hydrogen-bond acceptors (Lipinski definition) is 3. The van der Waals surface area contributed by atoms with E-state index in [1.807, 2.05) is 0 Å². The van der Waals surface area contributed by atoms with Gasteiger partial charge in [0.05, 0.1) is 18.6 Å². The van der Waals surface area contributed by atoms with Crippen LogP contribution < -0.4 is 0 Å². The average Bonchev–Trinajstić information content (AvgIpc) is 2.15. The number of ether oxygens (including phenoxy) is 2. The van der Waals surface area contributed by atoms with Crippen molar-refractivity contribution >= 4 is 5.78 Å². The predicted molar refractivity (Wildman–Crippen MR) is 56.5 cm³/mol. The van der Waals surface area contributed by atoms with Gasteiger partial charge in [0.1, 0.15) is 5.78 Å². The summed E-state index contributed by atoms with van der Waals surface area (Å²) < 4.78 is 11.8. The van der Waals surface area contributed by atoms with Gasteiger partial charge < -0.3 is 9.47 Å². The van der Waals surface area contributed by atoms with Gasteiger partial charge in [-0.3, -0.25) is 4.79 Å². The molecule has 3 nitrogen and oxygen atoms in total. The average molecular weight is 212 g/mol. The van der Waals surface area contributed by atoms with Crippen molar-refractivity contribution in [1.82, 2.24) is 0 Å². The summed E-state index contributed by atoms with van der Waals surface area (Å²) in [5, 5.41) is 0. The molecule has 0 aromatic heterocycles.